The Hall–Kier alpha value is -2.90. The van der Waals surface area contributed by atoms with Gasteiger partial charge in [0.05, 0.1) is 0 Å². The van der Waals surface area contributed by atoms with Crippen molar-refractivity contribution in [3.8, 4) is 0 Å². The minimum atomic E-state index is -0.449. The van der Waals surface area contributed by atoms with Crippen molar-refractivity contribution in [1.29, 1.82) is 0 Å². The van der Waals surface area contributed by atoms with E-state index in [0.717, 1.165) is 47.3 Å². The van der Waals surface area contributed by atoms with Gasteiger partial charge in [-0.25, -0.2) is 0 Å². The second kappa shape index (κ2) is 9.53. The van der Waals surface area contributed by atoms with E-state index in [1.165, 1.54) is 11.8 Å². The lowest BCUT2D eigenvalue weighted by Crippen LogP contribution is -2.48. The number of aromatic nitrogens is 1. The first-order valence-electron chi connectivity index (χ1n) is 11.1. The van der Waals surface area contributed by atoms with Crippen LogP contribution >= 0.6 is 24.0 Å². The van der Waals surface area contributed by atoms with E-state index in [9.17, 15) is 9.59 Å². The first kappa shape index (κ1) is 21.9. The van der Waals surface area contributed by atoms with Gasteiger partial charge in [0, 0.05) is 43.0 Å². The van der Waals surface area contributed by atoms with Crippen molar-refractivity contribution in [2.75, 3.05) is 18.4 Å². The van der Waals surface area contributed by atoms with Crippen LogP contribution in [-0.2, 0) is 11.3 Å². The molecule has 1 N–H and O–H groups in total. The van der Waals surface area contributed by atoms with Gasteiger partial charge in [0.25, 0.3) is 5.56 Å². The second-order valence-corrected chi connectivity index (χ2v) is 10.4. The number of anilines is 1. The molecule has 0 saturated carbocycles. The molecule has 3 heterocycles. The van der Waals surface area contributed by atoms with E-state index in [1.54, 1.807) is 6.07 Å². The van der Waals surface area contributed by atoms with Crippen LogP contribution in [0.4, 0.5) is 5.69 Å². The molecule has 5 rings (SSSR count). The lowest BCUT2D eigenvalue weighted by atomic mass is 9.83. The number of nitrogens with one attached hydrogen (secondary N) is 1. The van der Waals surface area contributed by atoms with Gasteiger partial charge in [-0.3, -0.25) is 9.59 Å². The van der Waals surface area contributed by atoms with Crippen molar-refractivity contribution in [2.24, 2.45) is 5.92 Å². The minimum absolute atomic E-state index is 0.0781. The number of carbonyl (C=O) groups excluding carboxylic acids is 1. The number of amides is 1. The molecule has 7 heteroatoms. The Kier molecular flexibility index (Phi) is 6.33. The van der Waals surface area contributed by atoms with Crippen LogP contribution in [0.2, 0.25) is 0 Å². The maximum Gasteiger partial charge on any atom is 0.250 e. The standard InChI is InChI=1S/C26H25N3O2S2/c30-23-13-7-12-22-20-14-18(16-29(22)23)15-28(17-20)26(32)33-24(19-8-3-1-4-9-19)25(31)27-21-10-5-2-6-11-21/h1-13,18,20,24H,14-17H2,(H,27,31). The highest BCUT2D eigenvalue weighted by atomic mass is 32.2. The molecular weight excluding hydrogens is 450 g/mol. The molecule has 2 bridgehead atoms. The SMILES string of the molecule is O=C(Nc1ccccc1)C(SC(=S)N1CC2CC(C1)c1cccc(=O)n1C2)c1ccccc1. The van der Waals surface area contributed by atoms with Crippen LogP contribution in [0, 0.1) is 5.92 Å². The predicted octanol–water partition coefficient (Wildman–Crippen LogP) is 4.67. The van der Waals surface area contributed by atoms with E-state index in [4.69, 9.17) is 12.2 Å². The van der Waals surface area contributed by atoms with Gasteiger partial charge < -0.3 is 14.8 Å². The van der Waals surface area contributed by atoms with Gasteiger partial charge in [-0.2, -0.15) is 0 Å². The van der Waals surface area contributed by atoms with Crippen LogP contribution < -0.4 is 10.9 Å². The summed E-state index contributed by atoms with van der Waals surface area (Å²) in [5.74, 6) is 0.565. The minimum Gasteiger partial charge on any atom is -0.356 e. The zero-order valence-corrected chi connectivity index (χ0v) is 19.7. The first-order valence-corrected chi connectivity index (χ1v) is 12.4. The Bertz CT molecular complexity index is 1210. The van der Waals surface area contributed by atoms with Crippen LogP contribution in [0.1, 0.15) is 28.8 Å². The summed E-state index contributed by atoms with van der Waals surface area (Å²) in [6, 6.07) is 24.8. The molecule has 33 heavy (non-hydrogen) atoms. The quantitative estimate of drug-likeness (QED) is 0.556. The molecule has 1 amide bonds. The van der Waals surface area contributed by atoms with Crippen LogP contribution in [0.15, 0.2) is 83.7 Å². The van der Waals surface area contributed by atoms with Crippen LogP contribution in [-0.4, -0.2) is 32.8 Å². The van der Waals surface area contributed by atoms with Crippen molar-refractivity contribution < 1.29 is 4.79 Å². The lowest BCUT2D eigenvalue weighted by molar-refractivity contribution is -0.115. The Morgan fingerprint density at radius 1 is 0.939 bits per heavy atom. The Morgan fingerprint density at radius 2 is 1.67 bits per heavy atom. The number of likely N-dealkylation sites (tertiary alicyclic amines) is 1. The third-order valence-corrected chi connectivity index (χ3v) is 8.07. The van der Waals surface area contributed by atoms with Gasteiger partial charge in [-0.1, -0.05) is 78.6 Å². The maximum absolute atomic E-state index is 13.3. The zero-order valence-electron chi connectivity index (χ0n) is 18.1. The third-order valence-electron chi connectivity index (χ3n) is 6.34. The summed E-state index contributed by atoms with van der Waals surface area (Å²) in [5, 5.41) is 2.58. The van der Waals surface area contributed by atoms with Crippen molar-refractivity contribution in [1.82, 2.24) is 9.47 Å². The van der Waals surface area contributed by atoms with Gasteiger partial charge in [0.2, 0.25) is 5.91 Å². The number of hydrogen-bond donors (Lipinski definition) is 1. The van der Waals surface area contributed by atoms with E-state index in [2.05, 4.69) is 16.3 Å². The molecule has 2 aliphatic heterocycles. The number of pyridine rings is 1. The number of fused-ring (bicyclic) bond motifs is 4. The molecule has 168 valence electrons. The van der Waals surface area contributed by atoms with Gasteiger partial charge in [-0.15, -0.1) is 0 Å². The van der Waals surface area contributed by atoms with Crippen molar-refractivity contribution in [3.63, 3.8) is 0 Å². The topological polar surface area (TPSA) is 54.3 Å². The second-order valence-electron chi connectivity index (χ2n) is 8.63. The summed E-state index contributed by atoms with van der Waals surface area (Å²) < 4.78 is 2.65. The number of piperidine rings is 1. The smallest absolute Gasteiger partial charge is 0.250 e. The highest BCUT2D eigenvalue weighted by Crippen LogP contribution is 2.38. The summed E-state index contributed by atoms with van der Waals surface area (Å²) >= 11 is 7.31. The molecule has 5 nitrogen and oxygen atoms in total. The number of carbonyl (C=O) groups is 1. The zero-order chi connectivity index (χ0) is 22.8. The Labute approximate surface area is 202 Å². The van der Waals surface area contributed by atoms with Crippen LogP contribution in [0.5, 0.6) is 0 Å². The fourth-order valence-corrected chi connectivity index (χ4v) is 6.25. The summed E-state index contributed by atoms with van der Waals surface area (Å²) in [7, 11) is 0. The number of thiocarbonyl (C=S) groups is 1. The summed E-state index contributed by atoms with van der Waals surface area (Å²) in [6.45, 7) is 2.31. The first-order chi connectivity index (χ1) is 16.1. The number of hydrogen-bond acceptors (Lipinski definition) is 4. The molecular formula is C26H25N3O2S2. The number of benzene rings is 2. The molecule has 3 aromatic rings. The molecule has 1 saturated heterocycles. The molecule has 0 spiro atoms. The van der Waals surface area contributed by atoms with Crippen LogP contribution in [0.25, 0.3) is 0 Å². The third kappa shape index (κ3) is 4.75. The fraction of sp³-hybridized carbons (Fsp3) is 0.269. The van der Waals surface area contributed by atoms with Gasteiger partial charge in [-0.05, 0) is 36.1 Å². The number of nitrogens with zero attached hydrogens (tertiary/aromatic N) is 2. The van der Waals surface area contributed by atoms with Gasteiger partial charge in [0.1, 0.15) is 9.57 Å². The molecule has 1 fully saturated rings. The maximum atomic E-state index is 13.3. The highest BCUT2D eigenvalue weighted by Gasteiger charge is 2.36. The van der Waals surface area contributed by atoms with E-state index < -0.39 is 5.25 Å². The largest absolute Gasteiger partial charge is 0.356 e. The normalized spacial score (nSPS) is 19.9. The molecule has 3 unspecified atom stereocenters. The molecule has 2 aromatic carbocycles. The number of thioether (sulfide) groups is 1. The molecule has 0 radical (unpaired) electrons. The number of rotatable bonds is 4. The fourth-order valence-electron chi connectivity index (χ4n) is 4.85. The Balaban J connectivity index is 1.35. The molecule has 2 aliphatic rings. The summed E-state index contributed by atoms with van der Waals surface area (Å²) in [4.78, 5) is 27.8. The van der Waals surface area contributed by atoms with Crippen molar-refractivity contribution >= 4 is 39.9 Å². The average molecular weight is 476 g/mol. The van der Waals surface area contributed by atoms with Gasteiger partial charge >= 0.3 is 0 Å². The Morgan fingerprint density at radius 3 is 2.42 bits per heavy atom. The van der Waals surface area contributed by atoms with E-state index in [0.29, 0.717) is 5.92 Å². The van der Waals surface area contributed by atoms with E-state index >= 15 is 0 Å². The summed E-state index contributed by atoms with van der Waals surface area (Å²) in [6.07, 6.45) is 1.07. The molecule has 1 aromatic heterocycles. The van der Waals surface area contributed by atoms with Crippen molar-refractivity contribution in [2.45, 2.75) is 24.1 Å². The van der Waals surface area contributed by atoms with Crippen molar-refractivity contribution in [3.05, 3.63) is 100 Å². The van der Waals surface area contributed by atoms with E-state index in [-0.39, 0.29) is 17.4 Å². The predicted molar refractivity (Wildman–Crippen MR) is 138 cm³/mol. The molecule has 3 atom stereocenters. The van der Waals surface area contributed by atoms with E-state index in [1.807, 2.05) is 71.3 Å². The average Bonchev–Trinajstić information content (AvgIpc) is 2.84. The highest BCUT2D eigenvalue weighted by molar-refractivity contribution is 8.23. The lowest BCUT2D eigenvalue weighted by Gasteiger charge is -2.43. The number of para-hydroxylation sites is 1. The van der Waals surface area contributed by atoms with Crippen LogP contribution in [0.3, 0.4) is 0 Å². The monoisotopic (exact) mass is 475 g/mol. The van der Waals surface area contributed by atoms with Gasteiger partial charge in [0.15, 0.2) is 0 Å². The molecule has 0 aliphatic carbocycles. The summed E-state index contributed by atoms with van der Waals surface area (Å²) in [5.41, 5.74) is 2.86.